The van der Waals surface area contributed by atoms with Gasteiger partial charge >= 0.3 is 18.2 Å². The molecule has 0 radical (unpaired) electrons. The molecule has 19 heteroatoms. The number of nitro benzene ring substituents is 2. The summed E-state index contributed by atoms with van der Waals surface area (Å²) < 4.78 is 11.4. The van der Waals surface area contributed by atoms with Crippen molar-refractivity contribution in [2.24, 2.45) is 0 Å². The van der Waals surface area contributed by atoms with E-state index in [1.54, 1.807) is 43.5 Å². The number of amides is 4. The molecule has 0 spiro atoms. The Hall–Kier alpha value is -7.25. The van der Waals surface area contributed by atoms with E-state index in [9.17, 15) is 34.6 Å². The molecule has 4 aromatic carbocycles. The summed E-state index contributed by atoms with van der Waals surface area (Å²) in [4.78, 5) is 77.2. The van der Waals surface area contributed by atoms with Gasteiger partial charge in [0.15, 0.2) is 0 Å². The van der Waals surface area contributed by atoms with Gasteiger partial charge in [0.2, 0.25) is 0 Å². The van der Waals surface area contributed by atoms with Crippen molar-refractivity contribution in [3.8, 4) is 32.4 Å². The number of aryl methyl sites for hydroxylation is 2. The number of carbonyl (C=O) groups excluding carboxylic acids is 3. The number of aromatic nitrogens is 2. The fraction of sp³-hybridized carbons (Fsp3) is 0.298. The number of hydrogen-bond donors (Lipinski definition) is 2. The summed E-state index contributed by atoms with van der Waals surface area (Å²) in [5, 5.41) is 29.8. The molecule has 6 aromatic rings. The molecule has 0 aliphatic carbocycles. The van der Waals surface area contributed by atoms with Crippen LogP contribution in [0.25, 0.3) is 20.9 Å². The first-order chi connectivity index (χ1) is 31.7. The van der Waals surface area contributed by atoms with Gasteiger partial charge in [0, 0.05) is 73.4 Å². The number of ether oxygens (including phenoxy) is 2. The second-order valence-electron chi connectivity index (χ2n) is 16.4. The largest absolute Gasteiger partial charge is 0.519 e. The lowest BCUT2D eigenvalue weighted by atomic mass is 9.96. The topological polar surface area (TPSA) is 212 Å². The average molecular weight is 931 g/mol. The molecule has 8 rings (SSSR count). The van der Waals surface area contributed by atoms with Crippen LogP contribution >= 0.6 is 22.7 Å². The van der Waals surface area contributed by atoms with Crippen molar-refractivity contribution in [3.05, 3.63) is 150 Å². The van der Waals surface area contributed by atoms with Gasteiger partial charge < -0.3 is 29.9 Å². The average Bonchev–Trinajstić information content (AvgIpc) is 4.15. The summed E-state index contributed by atoms with van der Waals surface area (Å²) in [7, 11) is 0. The second kappa shape index (κ2) is 19.5. The smallest absolute Gasteiger partial charge is 0.394 e. The van der Waals surface area contributed by atoms with Crippen LogP contribution in [-0.4, -0.2) is 74.0 Å². The van der Waals surface area contributed by atoms with Crippen molar-refractivity contribution < 1.29 is 33.7 Å². The van der Waals surface area contributed by atoms with Crippen LogP contribution in [0, 0.1) is 34.1 Å². The number of likely N-dealkylation sites (tertiary alicyclic amines) is 2. The molecule has 4 atom stereocenters. The lowest BCUT2D eigenvalue weighted by Gasteiger charge is -2.22. The summed E-state index contributed by atoms with van der Waals surface area (Å²) in [5.74, 6) is -0.818. The van der Waals surface area contributed by atoms with Crippen molar-refractivity contribution >= 4 is 52.3 Å². The predicted molar refractivity (Wildman–Crippen MR) is 249 cm³/mol. The van der Waals surface area contributed by atoms with Gasteiger partial charge in [0.25, 0.3) is 11.4 Å². The maximum absolute atomic E-state index is 13.6. The molecule has 0 saturated carbocycles. The van der Waals surface area contributed by atoms with E-state index in [-0.39, 0.29) is 60.1 Å². The highest BCUT2D eigenvalue weighted by molar-refractivity contribution is 7.13. The highest BCUT2D eigenvalue weighted by atomic mass is 32.1. The Bertz CT molecular complexity index is 2610. The highest BCUT2D eigenvalue weighted by Gasteiger charge is 2.34. The zero-order valence-electron chi connectivity index (χ0n) is 36.5. The van der Waals surface area contributed by atoms with E-state index in [0.717, 1.165) is 43.4 Å². The number of rotatable bonds is 12. The number of urea groups is 2. The van der Waals surface area contributed by atoms with Crippen molar-refractivity contribution in [2.45, 2.75) is 64.5 Å². The molecule has 0 unspecified atom stereocenters. The molecule has 17 nitrogen and oxygen atoms in total. The number of non-ortho nitro benzene ring substituents is 2. The summed E-state index contributed by atoms with van der Waals surface area (Å²) in [6.07, 6.45) is -0.294. The van der Waals surface area contributed by atoms with Crippen LogP contribution in [0.15, 0.2) is 96.0 Å². The lowest BCUT2D eigenvalue weighted by molar-refractivity contribution is -0.385. The Morgan fingerprint density at radius 3 is 1.39 bits per heavy atom. The summed E-state index contributed by atoms with van der Waals surface area (Å²) in [6, 6.07) is 22.3. The minimum absolute atomic E-state index is 0.0112. The quantitative estimate of drug-likeness (QED) is 0.0510. The Labute approximate surface area is 387 Å². The Morgan fingerprint density at radius 1 is 0.652 bits per heavy atom. The fourth-order valence-electron chi connectivity index (χ4n) is 8.44. The van der Waals surface area contributed by atoms with Crippen LogP contribution in [0.2, 0.25) is 0 Å². The Balaban J connectivity index is 0.913. The molecule has 4 amide bonds. The van der Waals surface area contributed by atoms with Gasteiger partial charge in [-0.3, -0.25) is 20.2 Å². The predicted octanol–water partition coefficient (Wildman–Crippen LogP) is 10.5. The first kappa shape index (κ1) is 45.3. The Morgan fingerprint density at radius 2 is 1.05 bits per heavy atom. The summed E-state index contributed by atoms with van der Waals surface area (Å²) >= 11 is 3.13. The molecule has 0 bridgehead atoms. The van der Waals surface area contributed by atoms with E-state index < -0.39 is 27.8 Å². The first-order valence-electron chi connectivity index (χ1n) is 21.3. The maximum atomic E-state index is 13.6. The van der Waals surface area contributed by atoms with Crippen molar-refractivity contribution in [1.82, 2.24) is 30.4 Å². The normalized spacial score (nSPS) is 16.7. The number of nitrogens with one attached hydrogen (secondary N) is 2. The third kappa shape index (κ3) is 10.0. The minimum atomic E-state index is -1.17. The molecule has 2 fully saturated rings. The number of nitrogens with zero attached hydrogens (tertiary/aromatic N) is 6. The van der Waals surface area contributed by atoms with Crippen LogP contribution in [0.4, 0.5) is 25.8 Å². The molecule has 4 heterocycles. The van der Waals surface area contributed by atoms with Crippen molar-refractivity contribution in [3.63, 3.8) is 0 Å². The molecular formula is C47H46N8O9S2. The second-order valence-corrected chi connectivity index (χ2v) is 18.1. The van der Waals surface area contributed by atoms with Crippen LogP contribution in [-0.2, 0) is 0 Å². The van der Waals surface area contributed by atoms with Gasteiger partial charge in [-0.15, -0.1) is 22.7 Å². The highest BCUT2D eigenvalue weighted by Crippen LogP contribution is 2.39. The lowest BCUT2D eigenvalue weighted by Crippen LogP contribution is -2.39. The first-order valence-corrected chi connectivity index (χ1v) is 23.1. The van der Waals surface area contributed by atoms with Gasteiger partial charge in [-0.25, -0.2) is 24.4 Å². The van der Waals surface area contributed by atoms with Crippen LogP contribution < -0.4 is 20.1 Å². The minimum Gasteiger partial charge on any atom is -0.394 e. The van der Waals surface area contributed by atoms with Crippen LogP contribution in [0.5, 0.6) is 11.5 Å². The molecule has 2 N–H and O–H groups in total. The zero-order valence-corrected chi connectivity index (χ0v) is 38.1. The molecular weight excluding hydrogens is 885 g/mol. The summed E-state index contributed by atoms with van der Waals surface area (Å²) in [6.45, 7) is 8.79. The van der Waals surface area contributed by atoms with Gasteiger partial charge in [-0.2, -0.15) is 0 Å². The monoisotopic (exact) mass is 930 g/mol. The van der Waals surface area contributed by atoms with E-state index in [1.807, 2.05) is 76.2 Å². The number of thiazole rings is 2. The van der Waals surface area contributed by atoms with E-state index in [0.29, 0.717) is 37.1 Å². The van der Waals surface area contributed by atoms with E-state index in [4.69, 9.17) is 9.47 Å². The number of carbonyl (C=O) groups is 3. The van der Waals surface area contributed by atoms with Gasteiger partial charge in [0.1, 0.15) is 11.5 Å². The number of nitro groups is 2. The molecule has 2 aliphatic heterocycles. The van der Waals surface area contributed by atoms with Crippen LogP contribution in [0.3, 0.4) is 0 Å². The maximum Gasteiger partial charge on any atom is 0.519 e. The van der Waals surface area contributed by atoms with Crippen molar-refractivity contribution in [2.75, 3.05) is 26.2 Å². The SMILES string of the molecule is Cc1ncsc1-c1ccc([C@H](C)NC(=O)N2CC[C@@H](c3cc([N+](=O)[O-])ccc3OC(=O)Oc3ccc([N+](=O)[O-])cc3[C@@H]3CCN(C(=O)N[C@@H](C)c4ccc(-c5scnc5C)cc4)C3)C2)cc1. The summed E-state index contributed by atoms with van der Waals surface area (Å²) in [5.41, 5.74) is 9.68. The molecule has 2 aromatic heterocycles. The third-order valence-electron chi connectivity index (χ3n) is 12.1. The molecule has 66 heavy (non-hydrogen) atoms. The van der Waals surface area contributed by atoms with Crippen LogP contribution in [0.1, 0.15) is 84.3 Å². The zero-order chi connectivity index (χ0) is 46.6. The van der Waals surface area contributed by atoms with E-state index in [1.165, 1.54) is 36.4 Å². The van der Waals surface area contributed by atoms with E-state index >= 15 is 0 Å². The molecule has 340 valence electrons. The number of benzene rings is 4. The molecule has 2 saturated heterocycles. The standard InChI is InChI=1S/C47H46N8O9S2/c1-27(31-5-9-33(10-6-31)43-29(3)48-25-65-43)50-45(56)52-19-17-35(23-52)39-21-37(54(59)60)13-15-41(39)63-47(58)64-42-16-14-38(55(61)62)22-40(42)36-18-20-53(24-36)46(57)51-28(2)32-7-11-34(12-8-32)44-30(4)49-26-66-44/h5-16,21-22,25-28,35-36H,17-20,23-24H2,1-4H3,(H,50,56)(H,51,57)/t27-,28-,35+,36+/m0/s1. The van der Waals surface area contributed by atoms with Gasteiger partial charge in [-0.05, 0) is 74.9 Å². The number of hydrogen-bond acceptors (Lipinski definition) is 13. The fourth-order valence-corrected chi connectivity index (χ4v) is 10.1. The van der Waals surface area contributed by atoms with Gasteiger partial charge in [0.05, 0.1) is 54.1 Å². The van der Waals surface area contributed by atoms with Gasteiger partial charge in [-0.1, -0.05) is 48.5 Å². The Kier molecular flexibility index (Phi) is 13.4. The third-order valence-corrected chi connectivity index (χ3v) is 14.1. The molecule has 2 aliphatic rings. The van der Waals surface area contributed by atoms with E-state index in [2.05, 4.69) is 20.6 Å². The van der Waals surface area contributed by atoms with Crippen molar-refractivity contribution in [1.29, 1.82) is 0 Å².